The molecule has 1 atom stereocenters. The van der Waals surface area contributed by atoms with E-state index in [-0.39, 0.29) is 18.7 Å². The number of methoxy groups -OCH3 is 1. The van der Waals surface area contributed by atoms with Crippen molar-refractivity contribution >= 4 is 17.8 Å². The molecule has 0 aliphatic rings. The summed E-state index contributed by atoms with van der Waals surface area (Å²) in [5.74, 6) is -2.05. The highest BCUT2D eigenvalue weighted by molar-refractivity contribution is 5.93. The van der Waals surface area contributed by atoms with Crippen molar-refractivity contribution in [2.45, 2.75) is 38.6 Å². The maximum Gasteiger partial charge on any atom is 0.326 e. The number of aryl methyl sites for hydroxylation is 1. The third kappa shape index (κ3) is 5.21. The molecule has 0 saturated heterocycles. The summed E-state index contributed by atoms with van der Waals surface area (Å²) in [5, 5.41) is 17.6. The number of ether oxygens (including phenoxy) is 1. The van der Waals surface area contributed by atoms with E-state index >= 15 is 0 Å². The molecule has 21 heavy (non-hydrogen) atoms. The first-order valence-corrected chi connectivity index (χ1v) is 6.49. The predicted octanol–water partition coefficient (Wildman–Crippen LogP) is -0.107. The van der Waals surface area contributed by atoms with Crippen molar-refractivity contribution in [2.24, 2.45) is 0 Å². The molecule has 0 bridgehead atoms. The Hall–Kier alpha value is -2.45. The average molecular weight is 298 g/mol. The number of nitrogens with zero attached hydrogens (tertiary/aromatic N) is 2. The molecule has 1 rings (SSSR count). The number of carboxylic acids is 1. The molecular weight excluding hydrogens is 280 g/mol. The zero-order chi connectivity index (χ0) is 15.8. The number of hydrogen-bond donors (Lipinski definition) is 3. The molecule has 0 aliphatic heterocycles. The SMILES string of the molecule is CCCc1nc(C(=O)N[C@H](CCC(=O)OC)C(=O)O)n[nH]1. The van der Waals surface area contributed by atoms with Gasteiger partial charge in [0.05, 0.1) is 7.11 Å². The number of hydrogen-bond acceptors (Lipinski definition) is 6. The zero-order valence-electron chi connectivity index (χ0n) is 11.9. The van der Waals surface area contributed by atoms with E-state index in [9.17, 15) is 14.4 Å². The van der Waals surface area contributed by atoms with Crippen molar-refractivity contribution < 1.29 is 24.2 Å². The van der Waals surface area contributed by atoms with Gasteiger partial charge in [-0.25, -0.2) is 9.78 Å². The van der Waals surface area contributed by atoms with Crippen molar-refractivity contribution in [1.82, 2.24) is 20.5 Å². The number of carbonyl (C=O) groups is 3. The second-order valence-electron chi connectivity index (χ2n) is 4.33. The van der Waals surface area contributed by atoms with Crippen molar-refractivity contribution in [1.29, 1.82) is 0 Å². The summed E-state index contributed by atoms with van der Waals surface area (Å²) in [6.45, 7) is 1.95. The molecule has 0 aromatic carbocycles. The Kier molecular flexibility index (Phi) is 6.31. The molecule has 9 heteroatoms. The van der Waals surface area contributed by atoms with Crippen LogP contribution in [0.5, 0.6) is 0 Å². The second kappa shape index (κ2) is 7.98. The monoisotopic (exact) mass is 298 g/mol. The predicted molar refractivity (Wildman–Crippen MR) is 70.5 cm³/mol. The van der Waals surface area contributed by atoms with E-state index in [1.54, 1.807) is 0 Å². The van der Waals surface area contributed by atoms with Gasteiger partial charge in [-0.1, -0.05) is 6.92 Å². The smallest absolute Gasteiger partial charge is 0.326 e. The van der Waals surface area contributed by atoms with Gasteiger partial charge in [0.15, 0.2) is 0 Å². The van der Waals surface area contributed by atoms with E-state index in [1.807, 2.05) is 6.92 Å². The van der Waals surface area contributed by atoms with E-state index in [2.05, 4.69) is 25.2 Å². The molecule has 0 unspecified atom stereocenters. The number of carboxylic acid groups (broad SMARTS) is 1. The van der Waals surface area contributed by atoms with Crippen LogP contribution >= 0.6 is 0 Å². The Bertz CT molecular complexity index is 514. The average Bonchev–Trinajstić information content (AvgIpc) is 2.91. The lowest BCUT2D eigenvalue weighted by atomic mass is 10.1. The van der Waals surface area contributed by atoms with Gasteiger partial charge in [0.2, 0.25) is 5.82 Å². The summed E-state index contributed by atoms with van der Waals surface area (Å²) in [4.78, 5) is 37.9. The molecule has 9 nitrogen and oxygen atoms in total. The summed E-state index contributed by atoms with van der Waals surface area (Å²) in [5.41, 5.74) is 0. The zero-order valence-corrected chi connectivity index (χ0v) is 11.9. The van der Waals surface area contributed by atoms with Crippen LogP contribution in [-0.4, -0.2) is 51.3 Å². The fourth-order valence-corrected chi connectivity index (χ4v) is 1.59. The van der Waals surface area contributed by atoms with Gasteiger partial charge in [-0.15, -0.1) is 5.10 Å². The first kappa shape index (κ1) is 16.6. The number of carbonyl (C=O) groups excluding carboxylic acids is 2. The van der Waals surface area contributed by atoms with E-state index < -0.39 is 23.9 Å². The van der Waals surface area contributed by atoms with Gasteiger partial charge in [0.1, 0.15) is 11.9 Å². The van der Waals surface area contributed by atoms with Crippen molar-refractivity contribution in [3.63, 3.8) is 0 Å². The second-order valence-corrected chi connectivity index (χ2v) is 4.33. The Morgan fingerprint density at radius 2 is 2.14 bits per heavy atom. The largest absolute Gasteiger partial charge is 0.480 e. The first-order chi connectivity index (χ1) is 9.97. The highest BCUT2D eigenvalue weighted by Crippen LogP contribution is 2.02. The number of amides is 1. The molecule has 1 aromatic rings. The number of rotatable bonds is 8. The van der Waals surface area contributed by atoms with Crippen LogP contribution in [0.3, 0.4) is 0 Å². The highest BCUT2D eigenvalue weighted by Gasteiger charge is 2.23. The molecule has 1 aromatic heterocycles. The van der Waals surface area contributed by atoms with Crippen LogP contribution in [-0.2, 0) is 20.7 Å². The van der Waals surface area contributed by atoms with Crippen LogP contribution in [0.15, 0.2) is 0 Å². The molecule has 116 valence electrons. The Labute approximate surface area is 121 Å². The lowest BCUT2D eigenvalue weighted by Gasteiger charge is -2.12. The van der Waals surface area contributed by atoms with Crippen LogP contribution in [0, 0.1) is 0 Å². The molecule has 0 fully saturated rings. The lowest BCUT2D eigenvalue weighted by molar-refractivity contribution is -0.142. The Morgan fingerprint density at radius 1 is 1.43 bits per heavy atom. The van der Waals surface area contributed by atoms with Gasteiger partial charge in [0.25, 0.3) is 5.91 Å². The summed E-state index contributed by atoms with van der Waals surface area (Å²) in [6.07, 6.45) is 1.31. The molecule has 0 aliphatic carbocycles. The molecule has 3 N–H and O–H groups in total. The number of aliphatic carboxylic acids is 1. The molecule has 1 heterocycles. The van der Waals surface area contributed by atoms with Gasteiger partial charge in [-0.3, -0.25) is 14.7 Å². The molecule has 0 spiro atoms. The van der Waals surface area contributed by atoms with E-state index in [0.29, 0.717) is 12.2 Å². The van der Waals surface area contributed by atoms with Gasteiger partial charge >= 0.3 is 11.9 Å². The quantitative estimate of drug-likeness (QED) is 0.570. The summed E-state index contributed by atoms with van der Waals surface area (Å²) in [6, 6.07) is -1.20. The maximum atomic E-state index is 11.9. The Balaban J connectivity index is 2.62. The maximum absolute atomic E-state index is 11.9. The fourth-order valence-electron chi connectivity index (χ4n) is 1.59. The Morgan fingerprint density at radius 3 is 2.71 bits per heavy atom. The standard InChI is InChI=1S/C12H18N4O5/c1-3-4-8-14-10(16-15-8)11(18)13-7(12(19)20)5-6-9(17)21-2/h7H,3-6H2,1-2H3,(H,13,18)(H,19,20)(H,14,15,16)/t7-/m1/s1. The molecular formula is C12H18N4O5. The molecule has 0 radical (unpaired) electrons. The number of aromatic amines is 1. The van der Waals surface area contributed by atoms with Gasteiger partial charge in [-0.2, -0.15) is 0 Å². The van der Waals surface area contributed by atoms with E-state index in [4.69, 9.17) is 5.11 Å². The van der Waals surface area contributed by atoms with Crippen molar-refractivity contribution in [3.05, 3.63) is 11.6 Å². The van der Waals surface area contributed by atoms with Crippen LogP contribution in [0.25, 0.3) is 0 Å². The fraction of sp³-hybridized carbons (Fsp3) is 0.583. The van der Waals surface area contributed by atoms with E-state index in [1.165, 1.54) is 7.11 Å². The van der Waals surface area contributed by atoms with Gasteiger partial charge in [-0.05, 0) is 12.8 Å². The minimum atomic E-state index is -1.24. The summed E-state index contributed by atoms with van der Waals surface area (Å²) in [7, 11) is 1.21. The third-order valence-electron chi connectivity index (χ3n) is 2.69. The molecule has 1 amide bonds. The minimum absolute atomic E-state index is 0.0695. The lowest BCUT2D eigenvalue weighted by Crippen LogP contribution is -2.41. The van der Waals surface area contributed by atoms with Gasteiger partial charge in [0, 0.05) is 12.8 Å². The normalized spacial score (nSPS) is 11.7. The van der Waals surface area contributed by atoms with Crippen molar-refractivity contribution in [2.75, 3.05) is 7.11 Å². The highest BCUT2D eigenvalue weighted by atomic mass is 16.5. The van der Waals surface area contributed by atoms with Crippen LogP contribution in [0.2, 0.25) is 0 Å². The van der Waals surface area contributed by atoms with Crippen LogP contribution < -0.4 is 5.32 Å². The third-order valence-corrected chi connectivity index (χ3v) is 2.69. The van der Waals surface area contributed by atoms with Crippen LogP contribution in [0.1, 0.15) is 42.6 Å². The topological polar surface area (TPSA) is 134 Å². The van der Waals surface area contributed by atoms with Crippen molar-refractivity contribution in [3.8, 4) is 0 Å². The molecule has 0 saturated carbocycles. The first-order valence-electron chi connectivity index (χ1n) is 6.49. The number of nitrogens with one attached hydrogen (secondary N) is 2. The summed E-state index contributed by atoms with van der Waals surface area (Å²) < 4.78 is 4.43. The van der Waals surface area contributed by atoms with Gasteiger partial charge < -0.3 is 15.2 Å². The number of aromatic nitrogens is 3. The summed E-state index contributed by atoms with van der Waals surface area (Å²) >= 11 is 0. The minimum Gasteiger partial charge on any atom is -0.480 e. The van der Waals surface area contributed by atoms with Crippen LogP contribution in [0.4, 0.5) is 0 Å². The number of esters is 1. The van der Waals surface area contributed by atoms with E-state index in [0.717, 1.165) is 6.42 Å². The number of H-pyrrole nitrogens is 1.